The van der Waals surface area contributed by atoms with Crippen LogP contribution in [0.1, 0.15) is 18.9 Å². The zero-order chi connectivity index (χ0) is 15.2. The third-order valence-electron chi connectivity index (χ3n) is 2.89. The SMILES string of the molecule is CCCNC(=O)CNc1cc(C#N)c2cc(Cl)ccc2n1. The number of fused-ring (bicyclic) bond motifs is 1. The van der Waals surface area contributed by atoms with E-state index >= 15 is 0 Å². The second-order valence-corrected chi connectivity index (χ2v) is 4.97. The van der Waals surface area contributed by atoms with E-state index in [9.17, 15) is 10.1 Å². The molecule has 1 amide bonds. The van der Waals surface area contributed by atoms with E-state index in [1.165, 1.54) is 0 Å². The maximum Gasteiger partial charge on any atom is 0.239 e. The Bertz CT molecular complexity index is 709. The van der Waals surface area contributed by atoms with E-state index in [0.717, 1.165) is 6.42 Å². The largest absolute Gasteiger partial charge is 0.361 e. The van der Waals surface area contributed by atoms with Gasteiger partial charge in [-0.15, -0.1) is 0 Å². The van der Waals surface area contributed by atoms with Crippen LogP contribution in [-0.4, -0.2) is 24.0 Å². The van der Waals surface area contributed by atoms with Crippen LogP contribution in [0.15, 0.2) is 24.3 Å². The number of carbonyl (C=O) groups excluding carboxylic acids is 1. The molecule has 108 valence electrons. The molecular weight excluding hydrogens is 288 g/mol. The molecule has 0 saturated heterocycles. The summed E-state index contributed by atoms with van der Waals surface area (Å²) in [5.74, 6) is 0.390. The number of nitriles is 1. The van der Waals surface area contributed by atoms with Gasteiger partial charge in [0.2, 0.25) is 5.91 Å². The van der Waals surface area contributed by atoms with E-state index in [1.54, 1.807) is 24.3 Å². The van der Waals surface area contributed by atoms with Gasteiger partial charge in [0.25, 0.3) is 0 Å². The number of benzene rings is 1. The monoisotopic (exact) mass is 302 g/mol. The van der Waals surface area contributed by atoms with E-state index in [-0.39, 0.29) is 12.5 Å². The van der Waals surface area contributed by atoms with Crippen molar-refractivity contribution in [1.82, 2.24) is 10.3 Å². The predicted molar refractivity (Wildman–Crippen MR) is 83.3 cm³/mol. The quantitative estimate of drug-likeness (QED) is 0.890. The van der Waals surface area contributed by atoms with Gasteiger partial charge in [0, 0.05) is 17.0 Å². The van der Waals surface area contributed by atoms with E-state index in [4.69, 9.17) is 11.6 Å². The Morgan fingerprint density at radius 2 is 2.24 bits per heavy atom. The zero-order valence-corrected chi connectivity index (χ0v) is 12.4. The second kappa shape index (κ2) is 6.91. The molecule has 0 aliphatic carbocycles. The van der Waals surface area contributed by atoms with Crippen LogP contribution in [0.25, 0.3) is 10.9 Å². The molecule has 2 N–H and O–H groups in total. The molecule has 0 aliphatic rings. The summed E-state index contributed by atoms with van der Waals surface area (Å²) in [7, 11) is 0. The predicted octanol–water partition coefficient (Wildman–Crippen LogP) is 2.70. The fourth-order valence-corrected chi connectivity index (χ4v) is 2.05. The normalized spacial score (nSPS) is 10.1. The number of hydrogen-bond acceptors (Lipinski definition) is 4. The molecule has 0 spiro atoms. The lowest BCUT2D eigenvalue weighted by Crippen LogP contribution is -2.30. The van der Waals surface area contributed by atoms with Crippen molar-refractivity contribution in [3.63, 3.8) is 0 Å². The molecule has 0 bridgehead atoms. The number of amides is 1. The smallest absolute Gasteiger partial charge is 0.239 e. The second-order valence-electron chi connectivity index (χ2n) is 4.53. The third-order valence-corrected chi connectivity index (χ3v) is 3.13. The van der Waals surface area contributed by atoms with Crippen LogP contribution in [0.5, 0.6) is 0 Å². The molecule has 1 aromatic carbocycles. The summed E-state index contributed by atoms with van der Waals surface area (Å²) in [6.45, 7) is 2.76. The molecule has 6 heteroatoms. The van der Waals surface area contributed by atoms with E-state index in [2.05, 4.69) is 21.7 Å². The summed E-state index contributed by atoms with van der Waals surface area (Å²) in [6.07, 6.45) is 0.888. The van der Waals surface area contributed by atoms with Gasteiger partial charge in [-0.2, -0.15) is 5.26 Å². The van der Waals surface area contributed by atoms with E-state index < -0.39 is 0 Å². The van der Waals surface area contributed by atoms with Crippen molar-refractivity contribution in [2.75, 3.05) is 18.4 Å². The molecule has 0 saturated carbocycles. The first-order valence-electron chi connectivity index (χ1n) is 6.65. The Labute approximate surface area is 127 Å². The number of pyridine rings is 1. The first-order valence-corrected chi connectivity index (χ1v) is 7.03. The lowest BCUT2D eigenvalue weighted by Gasteiger charge is -2.08. The van der Waals surface area contributed by atoms with Gasteiger partial charge in [0.15, 0.2) is 0 Å². The van der Waals surface area contributed by atoms with Gasteiger partial charge in [-0.25, -0.2) is 4.98 Å². The first kappa shape index (κ1) is 15.1. The summed E-state index contributed by atoms with van der Waals surface area (Å²) in [4.78, 5) is 15.9. The van der Waals surface area contributed by atoms with Crippen molar-refractivity contribution in [3.8, 4) is 6.07 Å². The molecule has 0 unspecified atom stereocenters. The maximum atomic E-state index is 11.6. The van der Waals surface area contributed by atoms with Crippen molar-refractivity contribution >= 4 is 34.2 Å². The number of rotatable bonds is 5. The lowest BCUT2D eigenvalue weighted by atomic mass is 10.1. The van der Waals surface area contributed by atoms with Crippen LogP contribution in [0.2, 0.25) is 5.02 Å². The Morgan fingerprint density at radius 3 is 2.95 bits per heavy atom. The molecule has 0 radical (unpaired) electrons. The van der Waals surface area contributed by atoms with Gasteiger partial charge in [-0.05, 0) is 30.7 Å². The lowest BCUT2D eigenvalue weighted by molar-refractivity contribution is -0.119. The van der Waals surface area contributed by atoms with Crippen molar-refractivity contribution in [2.24, 2.45) is 0 Å². The zero-order valence-electron chi connectivity index (χ0n) is 11.6. The Hall–Kier alpha value is -2.32. The Morgan fingerprint density at radius 1 is 1.43 bits per heavy atom. The van der Waals surface area contributed by atoms with Crippen LogP contribution in [0.4, 0.5) is 5.82 Å². The molecule has 2 rings (SSSR count). The molecule has 2 aromatic rings. The number of nitrogens with zero attached hydrogens (tertiary/aromatic N) is 2. The van der Waals surface area contributed by atoms with Crippen LogP contribution in [0.3, 0.4) is 0 Å². The molecule has 0 fully saturated rings. The molecular formula is C15H15ClN4O. The van der Waals surface area contributed by atoms with Crippen LogP contribution in [0, 0.1) is 11.3 Å². The maximum absolute atomic E-state index is 11.6. The van der Waals surface area contributed by atoms with Gasteiger partial charge >= 0.3 is 0 Å². The number of carbonyl (C=O) groups is 1. The van der Waals surface area contributed by atoms with Crippen LogP contribution in [-0.2, 0) is 4.79 Å². The van der Waals surface area contributed by atoms with Crippen LogP contribution >= 0.6 is 11.6 Å². The Kier molecular flexibility index (Phi) is 4.96. The summed E-state index contributed by atoms with van der Waals surface area (Å²) in [6, 6.07) is 8.91. The summed E-state index contributed by atoms with van der Waals surface area (Å²) in [5.41, 5.74) is 1.13. The highest BCUT2D eigenvalue weighted by Crippen LogP contribution is 2.23. The third kappa shape index (κ3) is 3.83. The summed E-state index contributed by atoms with van der Waals surface area (Å²) >= 11 is 5.93. The van der Waals surface area contributed by atoms with E-state index in [1.807, 2.05) is 6.92 Å². The average Bonchev–Trinajstić information content (AvgIpc) is 2.50. The summed E-state index contributed by atoms with van der Waals surface area (Å²) < 4.78 is 0. The van der Waals surface area contributed by atoms with Crippen LogP contribution < -0.4 is 10.6 Å². The molecule has 0 atom stereocenters. The van der Waals surface area contributed by atoms with E-state index in [0.29, 0.717) is 33.9 Å². The van der Waals surface area contributed by atoms with Gasteiger partial charge in [0.1, 0.15) is 5.82 Å². The minimum Gasteiger partial charge on any atom is -0.361 e. The van der Waals surface area contributed by atoms with Crippen molar-refractivity contribution in [1.29, 1.82) is 5.26 Å². The average molecular weight is 303 g/mol. The highest BCUT2D eigenvalue weighted by Gasteiger charge is 2.07. The molecule has 1 heterocycles. The fraction of sp³-hybridized carbons (Fsp3) is 0.267. The molecule has 21 heavy (non-hydrogen) atoms. The standard InChI is InChI=1S/C15H15ClN4O/c1-2-5-18-15(21)9-19-14-6-10(8-17)12-7-11(16)3-4-13(12)20-14/h3-4,6-7H,2,5,9H2,1H3,(H,18,21)(H,19,20). The molecule has 5 nitrogen and oxygen atoms in total. The number of anilines is 1. The van der Waals surface area contributed by atoms with Gasteiger partial charge in [-0.3, -0.25) is 4.79 Å². The number of hydrogen-bond donors (Lipinski definition) is 2. The van der Waals surface area contributed by atoms with Gasteiger partial charge in [0.05, 0.1) is 23.7 Å². The number of halogens is 1. The summed E-state index contributed by atoms with van der Waals surface area (Å²) in [5, 5.41) is 16.2. The van der Waals surface area contributed by atoms with Gasteiger partial charge < -0.3 is 10.6 Å². The minimum absolute atomic E-state index is 0.103. The first-order chi connectivity index (χ1) is 10.1. The highest BCUT2D eigenvalue weighted by molar-refractivity contribution is 6.31. The minimum atomic E-state index is -0.103. The fourth-order valence-electron chi connectivity index (χ4n) is 1.88. The van der Waals surface area contributed by atoms with Crippen molar-refractivity contribution in [2.45, 2.75) is 13.3 Å². The number of nitrogens with one attached hydrogen (secondary N) is 2. The topological polar surface area (TPSA) is 77.8 Å². The van der Waals surface area contributed by atoms with Crippen molar-refractivity contribution in [3.05, 3.63) is 34.9 Å². The molecule has 1 aromatic heterocycles. The Balaban J connectivity index is 2.20. The number of aromatic nitrogens is 1. The highest BCUT2D eigenvalue weighted by atomic mass is 35.5. The molecule has 0 aliphatic heterocycles. The van der Waals surface area contributed by atoms with Crippen molar-refractivity contribution < 1.29 is 4.79 Å². The van der Waals surface area contributed by atoms with Gasteiger partial charge in [-0.1, -0.05) is 18.5 Å².